The van der Waals surface area contributed by atoms with Gasteiger partial charge >= 0.3 is 0 Å². The molecule has 1 heterocycles. The first-order valence-corrected chi connectivity index (χ1v) is 5.69. The van der Waals surface area contributed by atoms with Crippen LogP contribution in [-0.2, 0) is 0 Å². The van der Waals surface area contributed by atoms with E-state index in [4.69, 9.17) is 4.74 Å². The molecular weight excluding hydrogens is 212 g/mol. The molecule has 0 spiro atoms. The van der Waals surface area contributed by atoms with Gasteiger partial charge in [-0.25, -0.2) is 4.98 Å². The number of anilines is 1. The number of pyridine rings is 1. The molecule has 0 fully saturated rings. The summed E-state index contributed by atoms with van der Waals surface area (Å²) in [5.74, 6) is 1.78. The molecule has 2 rings (SSSR count). The third-order valence-corrected chi connectivity index (χ3v) is 2.33. The summed E-state index contributed by atoms with van der Waals surface area (Å²) in [5.41, 5.74) is 1.16. The Labute approximate surface area is 101 Å². The molecule has 3 heteroatoms. The third kappa shape index (κ3) is 3.79. The van der Waals surface area contributed by atoms with Crippen molar-refractivity contribution < 1.29 is 4.74 Å². The van der Waals surface area contributed by atoms with Crippen LogP contribution in [0.1, 0.15) is 5.56 Å². The molecule has 0 atom stereocenters. The quantitative estimate of drug-likeness (QED) is 0.799. The zero-order valence-corrected chi connectivity index (χ0v) is 9.89. The highest BCUT2D eigenvalue weighted by Crippen LogP contribution is 2.08. The molecule has 0 aliphatic heterocycles. The van der Waals surface area contributed by atoms with Crippen molar-refractivity contribution in [2.45, 2.75) is 6.92 Å². The molecule has 0 radical (unpaired) electrons. The fourth-order valence-corrected chi connectivity index (χ4v) is 1.44. The van der Waals surface area contributed by atoms with Crippen LogP contribution in [0.25, 0.3) is 0 Å². The molecule has 0 aliphatic carbocycles. The third-order valence-electron chi connectivity index (χ3n) is 2.33. The van der Waals surface area contributed by atoms with Gasteiger partial charge in [-0.15, -0.1) is 0 Å². The number of benzene rings is 1. The van der Waals surface area contributed by atoms with Gasteiger partial charge in [0, 0.05) is 6.20 Å². The number of aryl methyl sites for hydroxylation is 1. The van der Waals surface area contributed by atoms with E-state index >= 15 is 0 Å². The zero-order chi connectivity index (χ0) is 11.9. The van der Waals surface area contributed by atoms with Crippen molar-refractivity contribution in [2.24, 2.45) is 0 Å². The van der Waals surface area contributed by atoms with Crippen LogP contribution in [0.15, 0.2) is 48.7 Å². The Morgan fingerprint density at radius 3 is 2.65 bits per heavy atom. The summed E-state index contributed by atoms with van der Waals surface area (Å²) in [6, 6.07) is 13.8. The first-order chi connectivity index (χ1) is 8.34. The summed E-state index contributed by atoms with van der Waals surface area (Å²) in [7, 11) is 0. The molecule has 3 nitrogen and oxygen atoms in total. The maximum atomic E-state index is 5.56. The molecule has 1 N–H and O–H groups in total. The minimum atomic E-state index is 0.625. The minimum absolute atomic E-state index is 0.625. The van der Waals surface area contributed by atoms with Gasteiger partial charge in [-0.2, -0.15) is 0 Å². The first kappa shape index (κ1) is 11.5. The van der Waals surface area contributed by atoms with E-state index in [1.54, 1.807) is 0 Å². The topological polar surface area (TPSA) is 34.1 Å². The minimum Gasteiger partial charge on any atom is -0.492 e. The molecule has 0 bridgehead atoms. The molecule has 1 aromatic heterocycles. The van der Waals surface area contributed by atoms with Gasteiger partial charge in [-0.05, 0) is 30.7 Å². The number of rotatable bonds is 5. The highest BCUT2D eigenvalue weighted by atomic mass is 16.5. The number of hydrogen-bond acceptors (Lipinski definition) is 3. The second kappa shape index (κ2) is 5.89. The number of nitrogens with zero attached hydrogens (tertiary/aromatic N) is 1. The van der Waals surface area contributed by atoms with Crippen LogP contribution in [0.4, 0.5) is 5.82 Å². The van der Waals surface area contributed by atoms with Crippen molar-refractivity contribution in [2.75, 3.05) is 18.5 Å². The second-order valence-electron chi connectivity index (χ2n) is 3.81. The van der Waals surface area contributed by atoms with Crippen LogP contribution in [-0.4, -0.2) is 18.1 Å². The summed E-state index contributed by atoms with van der Waals surface area (Å²) in [6.07, 6.45) is 1.85. The van der Waals surface area contributed by atoms with Crippen LogP contribution in [0.2, 0.25) is 0 Å². The molecule has 0 saturated heterocycles. The van der Waals surface area contributed by atoms with E-state index in [0.717, 1.165) is 23.7 Å². The Hall–Kier alpha value is -2.03. The van der Waals surface area contributed by atoms with Gasteiger partial charge in [0.15, 0.2) is 0 Å². The number of nitrogens with one attached hydrogen (secondary N) is 1. The lowest BCUT2D eigenvalue weighted by atomic mass is 10.3. The molecular formula is C14H16N2O. The van der Waals surface area contributed by atoms with E-state index in [0.29, 0.717) is 6.61 Å². The number of ether oxygens (including phenoxy) is 1. The summed E-state index contributed by atoms with van der Waals surface area (Å²) in [4.78, 5) is 4.26. The molecule has 2 aromatic rings. The lowest BCUT2D eigenvalue weighted by Crippen LogP contribution is -2.12. The molecule has 0 unspecified atom stereocenters. The fraction of sp³-hybridized carbons (Fsp3) is 0.214. The van der Waals surface area contributed by atoms with E-state index in [-0.39, 0.29) is 0 Å². The van der Waals surface area contributed by atoms with Gasteiger partial charge in [-0.3, -0.25) is 0 Å². The van der Waals surface area contributed by atoms with Crippen molar-refractivity contribution in [3.8, 4) is 5.75 Å². The zero-order valence-electron chi connectivity index (χ0n) is 9.89. The summed E-state index contributed by atoms with van der Waals surface area (Å²) < 4.78 is 5.56. The van der Waals surface area contributed by atoms with Crippen LogP contribution in [0.3, 0.4) is 0 Å². The van der Waals surface area contributed by atoms with Crippen molar-refractivity contribution in [1.82, 2.24) is 4.98 Å². The normalized spacial score (nSPS) is 9.94. The Bertz CT molecular complexity index is 440. The van der Waals surface area contributed by atoms with E-state index in [1.807, 2.05) is 55.6 Å². The van der Waals surface area contributed by atoms with Crippen LogP contribution < -0.4 is 10.1 Å². The maximum absolute atomic E-state index is 5.56. The molecule has 1 aromatic carbocycles. The van der Waals surface area contributed by atoms with E-state index < -0.39 is 0 Å². The van der Waals surface area contributed by atoms with Crippen molar-refractivity contribution in [3.63, 3.8) is 0 Å². The van der Waals surface area contributed by atoms with Crippen LogP contribution in [0.5, 0.6) is 5.75 Å². The molecule has 17 heavy (non-hydrogen) atoms. The summed E-state index contributed by atoms with van der Waals surface area (Å²) >= 11 is 0. The maximum Gasteiger partial charge on any atom is 0.126 e. The van der Waals surface area contributed by atoms with Gasteiger partial charge in [0.05, 0.1) is 6.54 Å². The van der Waals surface area contributed by atoms with Crippen molar-refractivity contribution >= 4 is 5.82 Å². The Morgan fingerprint density at radius 1 is 1.12 bits per heavy atom. The van der Waals surface area contributed by atoms with E-state index in [2.05, 4.69) is 10.3 Å². The van der Waals surface area contributed by atoms with Crippen molar-refractivity contribution in [3.05, 3.63) is 54.2 Å². The Balaban J connectivity index is 1.71. The number of para-hydroxylation sites is 1. The monoisotopic (exact) mass is 228 g/mol. The Morgan fingerprint density at radius 2 is 1.94 bits per heavy atom. The molecule has 88 valence electrons. The van der Waals surface area contributed by atoms with Gasteiger partial charge < -0.3 is 10.1 Å². The average Bonchev–Trinajstić information content (AvgIpc) is 2.38. The standard InChI is InChI=1S/C14H16N2O/c1-12-7-8-14(16-11-12)15-9-10-17-13-5-3-2-4-6-13/h2-8,11H,9-10H2,1H3,(H,15,16). The van der Waals surface area contributed by atoms with E-state index in [9.17, 15) is 0 Å². The number of aromatic nitrogens is 1. The highest BCUT2D eigenvalue weighted by Gasteiger charge is 1.94. The van der Waals surface area contributed by atoms with Crippen LogP contribution in [0, 0.1) is 6.92 Å². The highest BCUT2D eigenvalue weighted by molar-refractivity contribution is 5.35. The summed E-state index contributed by atoms with van der Waals surface area (Å²) in [5, 5.41) is 3.21. The van der Waals surface area contributed by atoms with Gasteiger partial charge in [-0.1, -0.05) is 24.3 Å². The SMILES string of the molecule is Cc1ccc(NCCOc2ccccc2)nc1. The lowest BCUT2D eigenvalue weighted by molar-refractivity contribution is 0.333. The predicted molar refractivity (Wildman–Crippen MR) is 69.4 cm³/mol. The smallest absolute Gasteiger partial charge is 0.126 e. The van der Waals surface area contributed by atoms with Gasteiger partial charge in [0.2, 0.25) is 0 Å². The average molecular weight is 228 g/mol. The molecule has 0 saturated carbocycles. The van der Waals surface area contributed by atoms with Crippen LogP contribution >= 0.6 is 0 Å². The molecule has 0 amide bonds. The summed E-state index contributed by atoms with van der Waals surface area (Å²) in [6.45, 7) is 3.39. The predicted octanol–water partition coefficient (Wildman–Crippen LogP) is 2.88. The van der Waals surface area contributed by atoms with Crippen molar-refractivity contribution in [1.29, 1.82) is 0 Å². The van der Waals surface area contributed by atoms with Gasteiger partial charge in [0.1, 0.15) is 18.2 Å². The Kier molecular flexibility index (Phi) is 3.97. The first-order valence-electron chi connectivity index (χ1n) is 5.69. The number of hydrogen-bond donors (Lipinski definition) is 1. The molecule has 0 aliphatic rings. The fourth-order valence-electron chi connectivity index (χ4n) is 1.44. The largest absolute Gasteiger partial charge is 0.492 e. The second-order valence-corrected chi connectivity index (χ2v) is 3.81. The van der Waals surface area contributed by atoms with E-state index in [1.165, 1.54) is 0 Å². The van der Waals surface area contributed by atoms with Gasteiger partial charge in [0.25, 0.3) is 0 Å². The lowest BCUT2D eigenvalue weighted by Gasteiger charge is -2.07.